The number of carbonyl (C=O) groups excluding carboxylic acids is 2. The number of carboxylic acid groups (broad SMARTS) is 1. The fourth-order valence-corrected chi connectivity index (χ4v) is 2.80. The van der Waals surface area contributed by atoms with E-state index in [2.05, 4.69) is 17.0 Å². The minimum absolute atomic E-state index is 0.401. The number of thioether (sulfide) groups is 1. The summed E-state index contributed by atoms with van der Waals surface area (Å²) in [6, 6.07) is -0.442. The quantitative estimate of drug-likeness (QED) is 0.748. The van der Waals surface area contributed by atoms with Crippen molar-refractivity contribution in [2.45, 2.75) is 18.6 Å². The first kappa shape index (κ1) is 15.8. The first-order valence-corrected chi connectivity index (χ1v) is 7.07. The summed E-state index contributed by atoms with van der Waals surface area (Å²) in [6.45, 7) is 2.30. The minimum atomic E-state index is -1.15. The lowest BCUT2D eigenvalue weighted by Gasteiger charge is -2.31. The third kappa shape index (κ3) is 5.93. The number of nitrogens with one attached hydrogen (secondary N) is 1. The largest absolute Gasteiger partial charge is 0.480 e. The number of hydrogen-bond acceptors (Lipinski definition) is 5. The molecule has 108 valence electrons. The molecule has 0 aromatic carbocycles. The molecule has 1 rings (SSSR count). The fourth-order valence-electron chi connectivity index (χ4n) is 1.62. The Morgan fingerprint density at radius 3 is 2.79 bits per heavy atom. The van der Waals surface area contributed by atoms with Crippen molar-refractivity contribution in [2.75, 3.05) is 32.1 Å². The minimum Gasteiger partial charge on any atom is -0.480 e. The smallest absolute Gasteiger partial charge is 0.329 e. The van der Waals surface area contributed by atoms with Crippen molar-refractivity contribution in [3.05, 3.63) is 0 Å². The predicted molar refractivity (Wildman–Crippen MR) is 70.1 cm³/mol. The molecular formula is C11H18N2O5S. The Kier molecular flexibility index (Phi) is 6.65. The van der Waals surface area contributed by atoms with E-state index < -0.39 is 31.1 Å². The van der Waals surface area contributed by atoms with Gasteiger partial charge in [-0.1, -0.05) is 6.92 Å². The summed E-state index contributed by atoms with van der Waals surface area (Å²) in [6.07, 6.45) is 0.976. The van der Waals surface area contributed by atoms with Crippen LogP contribution in [-0.2, 0) is 14.3 Å². The van der Waals surface area contributed by atoms with Crippen LogP contribution in [0.5, 0.6) is 0 Å². The van der Waals surface area contributed by atoms with Crippen LogP contribution >= 0.6 is 11.8 Å². The van der Waals surface area contributed by atoms with E-state index in [1.165, 1.54) is 0 Å². The fraction of sp³-hybridized carbons (Fsp3) is 0.727. The van der Waals surface area contributed by atoms with E-state index in [4.69, 9.17) is 5.11 Å². The highest BCUT2D eigenvalue weighted by molar-refractivity contribution is 8.00. The van der Waals surface area contributed by atoms with Gasteiger partial charge in [-0.15, -0.1) is 0 Å². The number of amides is 3. The second-order valence-electron chi connectivity index (χ2n) is 4.09. The molecule has 8 heteroatoms. The number of carboxylic acids is 1. The third-order valence-electron chi connectivity index (χ3n) is 2.59. The summed E-state index contributed by atoms with van der Waals surface area (Å²) in [5.74, 6) is -0.925. The number of imide groups is 1. The molecular weight excluding hydrogens is 272 g/mol. The topological polar surface area (TPSA) is 95.9 Å². The lowest BCUT2D eigenvalue weighted by molar-refractivity contribution is -0.143. The summed E-state index contributed by atoms with van der Waals surface area (Å²) in [5, 5.41) is 10.9. The Balaban J connectivity index is 2.29. The molecule has 0 aliphatic carbocycles. The summed E-state index contributed by atoms with van der Waals surface area (Å²) in [5.41, 5.74) is 0. The molecule has 0 radical (unpaired) electrons. The maximum absolute atomic E-state index is 11.8. The predicted octanol–water partition coefficient (Wildman–Crippen LogP) is 0.151. The first-order chi connectivity index (χ1) is 9.02. The van der Waals surface area contributed by atoms with Crippen molar-refractivity contribution < 1.29 is 24.2 Å². The van der Waals surface area contributed by atoms with Gasteiger partial charge in [-0.05, 0) is 6.42 Å². The van der Waals surface area contributed by atoms with Gasteiger partial charge in [-0.3, -0.25) is 10.1 Å². The van der Waals surface area contributed by atoms with Crippen LogP contribution in [0.25, 0.3) is 0 Å². The van der Waals surface area contributed by atoms with E-state index in [9.17, 15) is 14.4 Å². The molecule has 7 nitrogen and oxygen atoms in total. The SMILES string of the molecule is CCC1CN(C(=O)NC(=O)COCC(=O)O)CCS1. The van der Waals surface area contributed by atoms with E-state index in [0.717, 1.165) is 12.2 Å². The van der Waals surface area contributed by atoms with Gasteiger partial charge in [-0.2, -0.15) is 11.8 Å². The molecule has 0 spiro atoms. The zero-order chi connectivity index (χ0) is 14.3. The number of urea groups is 1. The van der Waals surface area contributed by atoms with Gasteiger partial charge in [0.25, 0.3) is 5.91 Å². The standard InChI is InChI=1S/C11H18N2O5S/c1-2-8-5-13(3-4-19-8)11(17)12-9(14)6-18-7-10(15)16/h8H,2-7H2,1H3,(H,15,16)(H,12,14,17). The van der Waals surface area contributed by atoms with Gasteiger partial charge < -0.3 is 14.7 Å². The van der Waals surface area contributed by atoms with Crippen LogP contribution in [0, 0.1) is 0 Å². The molecule has 0 saturated carbocycles. The Labute approximate surface area is 115 Å². The third-order valence-corrected chi connectivity index (χ3v) is 3.96. The maximum Gasteiger partial charge on any atom is 0.329 e. The second-order valence-corrected chi connectivity index (χ2v) is 5.50. The van der Waals surface area contributed by atoms with Crippen LogP contribution in [-0.4, -0.2) is 65.2 Å². The van der Waals surface area contributed by atoms with E-state index in [-0.39, 0.29) is 0 Å². The van der Waals surface area contributed by atoms with Crippen molar-refractivity contribution in [3.8, 4) is 0 Å². The van der Waals surface area contributed by atoms with Gasteiger partial charge in [0.15, 0.2) is 0 Å². The van der Waals surface area contributed by atoms with Gasteiger partial charge in [0, 0.05) is 24.1 Å². The molecule has 2 N–H and O–H groups in total. The summed E-state index contributed by atoms with van der Waals surface area (Å²) >= 11 is 1.82. The van der Waals surface area contributed by atoms with Crippen LogP contribution < -0.4 is 5.32 Å². The van der Waals surface area contributed by atoms with E-state index in [1.54, 1.807) is 4.90 Å². The van der Waals surface area contributed by atoms with E-state index in [1.807, 2.05) is 11.8 Å². The molecule has 1 atom stereocenters. The second kappa shape index (κ2) is 8.00. The average Bonchev–Trinajstić information content (AvgIpc) is 2.38. The normalized spacial score (nSPS) is 19.0. The van der Waals surface area contributed by atoms with Crippen molar-refractivity contribution in [1.82, 2.24) is 10.2 Å². The lowest BCUT2D eigenvalue weighted by atomic mass is 10.3. The Morgan fingerprint density at radius 2 is 2.16 bits per heavy atom. The number of nitrogens with zero attached hydrogens (tertiary/aromatic N) is 1. The van der Waals surface area contributed by atoms with Crippen LogP contribution in [0.1, 0.15) is 13.3 Å². The number of rotatable bonds is 5. The van der Waals surface area contributed by atoms with Crippen LogP contribution in [0.2, 0.25) is 0 Å². The first-order valence-electron chi connectivity index (χ1n) is 6.02. The van der Waals surface area contributed by atoms with E-state index >= 15 is 0 Å². The molecule has 1 fully saturated rings. The van der Waals surface area contributed by atoms with Crippen molar-refractivity contribution in [3.63, 3.8) is 0 Å². The number of carbonyl (C=O) groups is 3. The summed E-state index contributed by atoms with van der Waals surface area (Å²) < 4.78 is 4.60. The number of aliphatic carboxylic acids is 1. The molecule has 1 unspecified atom stereocenters. The van der Waals surface area contributed by atoms with Gasteiger partial charge in [0.1, 0.15) is 13.2 Å². The molecule has 19 heavy (non-hydrogen) atoms. The molecule has 0 aromatic heterocycles. The van der Waals surface area contributed by atoms with Crippen LogP contribution in [0.15, 0.2) is 0 Å². The van der Waals surface area contributed by atoms with Crippen molar-refractivity contribution in [2.24, 2.45) is 0 Å². The number of hydrogen-bond donors (Lipinski definition) is 2. The van der Waals surface area contributed by atoms with Gasteiger partial charge in [0.05, 0.1) is 0 Å². The molecule has 0 aromatic rings. The highest BCUT2D eigenvalue weighted by atomic mass is 32.2. The maximum atomic E-state index is 11.8. The van der Waals surface area contributed by atoms with Crippen LogP contribution in [0.3, 0.4) is 0 Å². The highest BCUT2D eigenvalue weighted by Crippen LogP contribution is 2.20. The molecule has 0 bridgehead atoms. The zero-order valence-electron chi connectivity index (χ0n) is 10.8. The zero-order valence-corrected chi connectivity index (χ0v) is 11.6. The Hall–Kier alpha value is -1.28. The summed E-state index contributed by atoms with van der Waals surface area (Å²) in [4.78, 5) is 34.9. The van der Waals surface area contributed by atoms with Gasteiger partial charge in [-0.25, -0.2) is 9.59 Å². The number of ether oxygens (including phenoxy) is 1. The van der Waals surface area contributed by atoms with Crippen molar-refractivity contribution >= 4 is 29.7 Å². The monoisotopic (exact) mass is 290 g/mol. The summed E-state index contributed by atoms with van der Waals surface area (Å²) in [7, 11) is 0. The van der Waals surface area contributed by atoms with Gasteiger partial charge in [0.2, 0.25) is 0 Å². The molecule has 1 aliphatic rings. The van der Waals surface area contributed by atoms with Crippen LogP contribution in [0.4, 0.5) is 4.79 Å². The van der Waals surface area contributed by atoms with Crippen molar-refractivity contribution in [1.29, 1.82) is 0 Å². The molecule has 1 aliphatic heterocycles. The molecule has 1 heterocycles. The Morgan fingerprint density at radius 1 is 1.42 bits per heavy atom. The Bertz CT molecular complexity index is 350. The lowest BCUT2D eigenvalue weighted by Crippen LogP contribution is -2.49. The van der Waals surface area contributed by atoms with E-state index in [0.29, 0.717) is 18.3 Å². The van der Waals surface area contributed by atoms with Gasteiger partial charge >= 0.3 is 12.0 Å². The highest BCUT2D eigenvalue weighted by Gasteiger charge is 2.24. The molecule has 1 saturated heterocycles. The molecule has 3 amide bonds. The average molecular weight is 290 g/mol.